The van der Waals surface area contributed by atoms with Crippen LogP contribution in [0.4, 0.5) is 0 Å². The second-order valence-electron chi connectivity index (χ2n) is 3.65. The summed E-state index contributed by atoms with van der Waals surface area (Å²) in [6.45, 7) is 6.04. The third-order valence-electron chi connectivity index (χ3n) is 1.78. The largest absolute Gasteiger partial charge is 0.478 e. The van der Waals surface area contributed by atoms with Crippen LogP contribution in [0.5, 0.6) is 0 Å². The average molecular weight is 260 g/mol. The molecule has 0 radical (unpaired) electrons. The zero-order valence-corrected chi connectivity index (χ0v) is 11.0. The molecule has 0 amide bonds. The van der Waals surface area contributed by atoms with Gasteiger partial charge in [-0.3, -0.25) is 0 Å². The zero-order valence-electron chi connectivity index (χ0n) is 11.0. The Morgan fingerprint density at radius 2 is 1.61 bits per heavy atom. The van der Waals surface area contributed by atoms with Gasteiger partial charge in [-0.1, -0.05) is 13.8 Å². The van der Waals surface area contributed by atoms with Crippen molar-refractivity contribution in [3.63, 3.8) is 0 Å². The number of aliphatic carboxylic acids is 1. The molecule has 0 spiro atoms. The van der Waals surface area contributed by atoms with Crippen molar-refractivity contribution in [3.8, 4) is 0 Å². The highest BCUT2D eigenvalue weighted by Crippen LogP contribution is 2.16. The van der Waals surface area contributed by atoms with Crippen LogP contribution < -0.4 is 0 Å². The fraction of sp³-hybridized carbons (Fsp3) is 0.667. The lowest BCUT2D eigenvalue weighted by Gasteiger charge is -2.28. The van der Waals surface area contributed by atoms with Crippen molar-refractivity contribution in [1.82, 2.24) is 0 Å². The molecule has 18 heavy (non-hydrogen) atoms. The molecule has 0 aromatic carbocycles. The smallest absolute Gasteiger partial charge is 0.335 e. The molecule has 6 heteroatoms. The maximum Gasteiger partial charge on any atom is 0.335 e. The number of carbonyl (C=O) groups excluding carboxylic acids is 1. The van der Waals surface area contributed by atoms with Crippen molar-refractivity contribution in [3.05, 3.63) is 12.2 Å². The van der Waals surface area contributed by atoms with Gasteiger partial charge in [0.25, 0.3) is 0 Å². The fourth-order valence-corrected chi connectivity index (χ4v) is 1.03. The molecule has 0 fully saturated rings. The predicted octanol–water partition coefficient (Wildman–Crippen LogP) is 1.70. The molecule has 0 bridgehead atoms. The second-order valence-corrected chi connectivity index (χ2v) is 3.65. The van der Waals surface area contributed by atoms with Gasteiger partial charge in [0.15, 0.2) is 0 Å². The van der Waals surface area contributed by atoms with Gasteiger partial charge in [-0.25, -0.2) is 9.59 Å². The highest BCUT2D eigenvalue weighted by atomic mass is 16.9. The Balaban J connectivity index is 4.46. The van der Waals surface area contributed by atoms with Crippen molar-refractivity contribution in [2.24, 2.45) is 0 Å². The summed E-state index contributed by atoms with van der Waals surface area (Å²) in [6, 6.07) is 0. The number of hydrogen-bond donors (Lipinski definition) is 1. The van der Waals surface area contributed by atoms with Crippen LogP contribution in [0.3, 0.4) is 0 Å². The Kier molecular flexibility index (Phi) is 7.98. The van der Waals surface area contributed by atoms with Gasteiger partial charge in [-0.15, -0.1) is 0 Å². The fourth-order valence-electron chi connectivity index (χ4n) is 1.03. The van der Waals surface area contributed by atoms with Crippen LogP contribution in [0.15, 0.2) is 12.2 Å². The summed E-state index contributed by atoms with van der Waals surface area (Å²) in [5.41, 5.74) is 0. The Morgan fingerprint density at radius 1 is 1.11 bits per heavy atom. The van der Waals surface area contributed by atoms with Crippen molar-refractivity contribution >= 4 is 11.9 Å². The third kappa shape index (κ3) is 7.81. The lowest BCUT2D eigenvalue weighted by molar-refractivity contribution is -0.350. The third-order valence-corrected chi connectivity index (χ3v) is 1.78. The van der Waals surface area contributed by atoms with E-state index < -0.39 is 17.9 Å². The van der Waals surface area contributed by atoms with Gasteiger partial charge < -0.3 is 19.3 Å². The molecule has 0 saturated heterocycles. The van der Waals surface area contributed by atoms with Gasteiger partial charge in [0.05, 0.1) is 13.2 Å². The van der Waals surface area contributed by atoms with Crippen LogP contribution in [0.2, 0.25) is 0 Å². The summed E-state index contributed by atoms with van der Waals surface area (Å²) in [6.07, 6.45) is 2.99. The number of carbonyl (C=O) groups is 2. The number of rotatable bonds is 9. The van der Waals surface area contributed by atoms with Crippen LogP contribution >= 0.6 is 0 Å². The summed E-state index contributed by atoms with van der Waals surface area (Å²) in [4.78, 5) is 21.6. The van der Waals surface area contributed by atoms with Crippen molar-refractivity contribution in [2.75, 3.05) is 13.2 Å². The lowest BCUT2D eigenvalue weighted by atomic mass is 10.5. The minimum atomic E-state index is -1.48. The highest BCUT2D eigenvalue weighted by Gasteiger charge is 2.30. The zero-order chi connectivity index (χ0) is 14.0. The van der Waals surface area contributed by atoms with Gasteiger partial charge in [0.2, 0.25) is 0 Å². The molecule has 0 saturated carbocycles. The normalized spacial score (nSPS) is 11.7. The van der Waals surface area contributed by atoms with E-state index in [1.54, 1.807) is 0 Å². The molecule has 0 aliphatic rings. The molecule has 104 valence electrons. The molecule has 0 unspecified atom stereocenters. The first-order valence-electron chi connectivity index (χ1n) is 5.85. The number of hydrogen-bond acceptors (Lipinski definition) is 5. The first-order chi connectivity index (χ1) is 8.43. The standard InChI is InChI=1S/C12H20O6/c1-4-8-16-12(3,17-9-5-2)18-11(15)7-6-10(13)14/h6-7H,4-5,8-9H2,1-3H3,(H,13,14). The summed E-state index contributed by atoms with van der Waals surface area (Å²) < 4.78 is 15.6. The summed E-state index contributed by atoms with van der Waals surface area (Å²) in [7, 11) is 0. The molecule has 1 N–H and O–H groups in total. The molecule has 0 aliphatic carbocycles. The molecular formula is C12H20O6. The molecule has 0 heterocycles. The van der Waals surface area contributed by atoms with E-state index >= 15 is 0 Å². The van der Waals surface area contributed by atoms with Gasteiger partial charge in [-0.05, 0) is 12.8 Å². The average Bonchev–Trinajstić information content (AvgIpc) is 2.31. The van der Waals surface area contributed by atoms with E-state index in [-0.39, 0.29) is 0 Å². The molecule has 0 rings (SSSR count). The minimum absolute atomic E-state index is 0.371. The van der Waals surface area contributed by atoms with E-state index in [1.807, 2.05) is 13.8 Å². The molecule has 6 nitrogen and oxygen atoms in total. The second kappa shape index (κ2) is 8.66. The van der Waals surface area contributed by atoms with E-state index in [0.717, 1.165) is 18.9 Å². The molecule has 0 aromatic heterocycles. The first kappa shape index (κ1) is 16.6. The van der Waals surface area contributed by atoms with E-state index in [1.165, 1.54) is 6.92 Å². The SMILES string of the molecule is CCCOC(C)(OCCC)OC(=O)C=CC(=O)O. The highest BCUT2D eigenvalue weighted by molar-refractivity contribution is 5.90. The van der Waals surface area contributed by atoms with Crippen LogP contribution in [-0.4, -0.2) is 36.2 Å². The van der Waals surface area contributed by atoms with Crippen molar-refractivity contribution in [1.29, 1.82) is 0 Å². The van der Waals surface area contributed by atoms with Gasteiger partial charge >= 0.3 is 17.9 Å². The minimum Gasteiger partial charge on any atom is -0.478 e. The Labute approximate surface area is 107 Å². The molecule has 0 atom stereocenters. The Bertz CT molecular complexity index is 289. The van der Waals surface area contributed by atoms with Crippen LogP contribution in [-0.2, 0) is 23.8 Å². The lowest BCUT2D eigenvalue weighted by Crippen LogP contribution is -2.38. The van der Waals surface area contributed by atoms with Crippen molar-refractivity contribution < 1.29 is 28.9 Å². The van der Waals surface area contributed by atoms with Crippen LogP contribution in [0, 0.1) is 0 Å². The topological polar surface area (TPSA) is 82.1 Å². The van der Waals surface area contributed by atoms with E-state index in [2.05, 4.69) is 0 Å². The van der Waals surface area contributed by atoms with Gasteiger partial charge in [0, 0.05) is 19.1 Å². The Morgan fingerprint density at radius 3 is 2.00 bits per heavy atom. The van der Waals surface area contributed by atoms with E-state index in [0.29, 0.717) is 19.3 Å². The van der Waals surface area contributed by atoms with Crippen LogP contribution in [0.25, 0.3) is 0 Å². The molecular weight excluding hydrogens is 240 g/mol. The Hall–Kier alpha value is -1.40. The summed E-state index contributed by atoms with van der Waals surface area (Å²) in [5, 5.41) is 8.39. The predicted molar refractivity (Wildman–Crippen MR) is 63.8 cm³/mol. The maximum atomic E-state index is 11.4. The summed E-state index contributed by atoms with van der Waals surface area (Å²) in [5.74, 6) is -3.53. The van der Waals surface area contributed by atoms with E-state index in [4.69, 9.17) is 19.3 Å². The maximum absolute atomic E-state index is 11.4. The quantitative estimate of drug-likeness (QED) is 0.386. The van der Waals surface area contributed by atoms with E-state index in [9.17, 15) is 9.59 Å². The monoisotopic (exact) mass is 260 g/mol. The number of carboxylic acids is 1. The van der Waals surface area contributed by atoms with Gasteiger partial charge in [-0.2, -0.15) is 0 Å². The summed E-state index contributed by atoms with van der Waals surface area (Å²) >= 11 is 0. The number of carboxylic acid groups (broad SMARTS) is 1. The molecule has 0 aliphatic heterocycles. The number of ether oxygens (including phenoxy) is 3. The first-order valence-corrected chi connectivity index (χ1v) is 5.85. The van der Waals surface area contributed by atoms with Crippen molar-refractivity contribution in [2.45, 2.75) is 39.6 Å². The van der Waals surface area contributed by atoms with Gasteiger partial charge in [0.1, 0.15) is 0 Å². The number of esters is 1. The van der Waals surface area contributed by atoms with Crippen LogP contribution in [0.1, 0.15) is 33.6 Å². The molecule has 0 aromatic rings.